The Bertz CT molecular complexity index is 1420. The van der Waals surface area contributed by atoms with E-state index in [1.165, 1.54) is 81.7 Å². The van der Waals surface area contributed by atoms with Crippen LogP contribution in [0.5, 0.6) is 5.75 Å². The third kappa shape index (κ3) is 13.0. The predicted octanol–water partition coefficient (Wildman–Crippen LogP) is 8.70. The first-order valence-corrected chi connectivity index (χ1v) is 16.3. The van der Waals surface area contributed by atoms with E-state index in [1.54, 1.807) is 12.1 Å². The van der Waals surface area contributed by atoms with Gasteiger partial charge < -0.3 is 10.4 Å². The summed E-state index contributed by atoms with van der Waals surface area (Å²) < 4.78 is 0. The van der Waals surface area contributed by atoms with Gasteiger partial charge in [0.2, 0.25) is 0 Å². The molecule has 0 saturated heterocycles. The Morgan fingerprint density at radius 2 is 1.44 bits per heavy atom. The van der Waals surface area contributed by atoms with Gasteiger partial charge in [-0.3, -0.25) is 19.7 Å². The molecule has 0 aromatic heterocycles. The highest BCUT2D eigenvalue weighted by molar-refractivity contribution is 5.98. The number of ketones is 1. The molecule has 0 radical (unpaired) electrons. The number of carbonyl (C=O) groups is 2. The van der Waals surface area contributed by atoms with Crippen LogP contribution in [0, 0.1) is 22.0 Å². The SMILES string of the molecule is CCCCCCCCCCCCCC(=O)[C@H](CCc1ccccc1)NC(=O)c1ccc([N+](=O)[O-])c(C#Cc2ccc(O)cc2)c1. The van der Waals surface area contributed by atoms with E-state index >= 15 is 0 Å². The fourth-order valence-corrected chi connectivity index (χ4v) is 5.27. The summed E-state index contributed by atoms with van der Waals surface area (Å²) in [6.45, 7) is 2.23. The highest BCUT2D eigenvalue weighted by Gasteiger charge is 2.22. The molecule has 238 valence electrons. The number of aryl methyl sites for hydroxylation is 1. The van der Waals surface area contributed by atoms with Gasteiger partial charge in [-0.1, -0.05) is 113 Å². The Hall–Kier alpha value is -4.44. The molecule has 7 heteroatoms. The lowest BCUT2D eigenvalue weighted by Crippen LogP contribution is -2.41. The average molecular weight is 611 g/mol. The van der Waals surface area contributed by atoms with Crippen molar-refractivity contribution in [2.45, 2.75) is 103 Å². The van der Waals surface area contributed by atoms with Crippen LogP contribution in [0.25, 0.3) is 0 Å². The zero-order valence-corrected chi connectivity index (χ0v) is 26.4. The third-order valence-corrected chi connectivity index (χ3v) is 7.95. The second kappa shape index (κ2) is 19.8. The van der Waals surface area contributed by atoms with Crippen molar-refractivity contribution in [1.82, 2.24) is 5.32 Å². The summed E-state index contributed by atoms with van der Waals surface area (Å²) in [5.41, 5.74) is 1.72. The molecule has 0 aliphatic heterocycles. The van der Waals surface area contributed by atoms with Crippen LogP contribution >= 0.6 is 0 Å². The number of nitrogens with zero attached hydrogens (tertiary/aromatic N) is 1. The van der Waals surface area contributed by atoms with Crippen LogP contribution in [-0.4, -0.2) is 27.8 Å². The first kappa shape index (κ1) is 35.0. The van der Waals surface area contributed by atoms with E-state index in [-0.39, 0.29) is 28.3 Å². The molecule has 0 spiro atoms. The van der Waals surface area contributed by atoms with E-state index in [4.69, 9.17) is 0 Å². The zero-order chi connectivity index (χ0) is 32.3. The van der Waals surface area contributed by atoms with Gasteiger partial charge in [0.15, 0.2) is 5.78 Å². The van der Waals surface area contributed by atoms with Crippen molar-refractivity contribution in [3.63, 3.8) is 0 Å². The number of unbranched alkanes of at least 4 members (excludes halogenated alkanes) is 10. The molecule has 45 heavy (non-hydrogen) atoms. The Morgan fingerprint density at radius 3 is 2.07 bits per heavy atom. The molecule has 0 heterocycles. The third-order valence-electron chi connectivity index (χ3n) is 7.95. The molecule has 0 bridgehead atoms. The van der Waals surface area contributed by atoms with Gasteiger partial charge >= 0.3 is 0 Å². The highest BCUT2D eigenvalue weighted by Crippen LogP contribution is 2.21. The number of hydrogen-bond donors (Lipinski definition) is 2. The minimum atomic E-state index is -0.664. The van der Waals surface area contributed by atoms with Crippen LogP contribution in [0.15, 0.2) is 72.8 Å². The standard InChI is InChI=1S/C38H46N2O5/c1-2-3-4-5-6-7-8-9-10-11-15-18-37(42)35(27-22-30-16-13-12-14-17-30)39-38(43)33-24-28-36(40(44)45)32(29-33)23-19-31-20-25-34(41)26-21-31/h12-14,16-17,20-21,24-26,28-29,35,41H,2-11,15,18,22,27H2,1H3,(H,39,43)/t35-/m0/s1. The van der Waals surface area contributed by atoms with Crippen LogP contribution < -0.4 is 5.32 Å². The summed E-state index contributed by atoms with van der Waals surface area (Å²) in [4.78, 5) is 37.8. The van der Waals surface area contributed by atoms with E-state index < -0.39 is 16.9 Å². The first-order chi connectivity index (χ1) is 21.9. The van der Waals surface area contributed by atoms with Crippen molar-refractivity contribution in [2.24, 2.45) is 0 Å². The minimum absolute atomic E-state index is 0.00413. The van der Waals surface area contributed by atoms with E-state index in [1.807, 2.05) is 30.3 Å². The first-order valence-electron chi connectivity index (χ1n) is 16.3. The zero-order valence-electron chi connectivity index (χ0n) is 26.4. The topological polar surface area (TPSA) is 110 Å². The van der Waals surface area contributed by atoms with Gasteiger partial charge in [-0.25, -0.2) is 0 Å². The van der Waals surface area contributed by atoms with Gasteiger partial charge in [0.25, 0.3) is 11.6 Å². The Balaban J connectivity index is 1.62. The van der Waals surface area contributed by atoms with Crippen LogP contribution in [0.4, 0.5) is 5.69 Å². The van der Waals surface area contributed by atoms with Crippen LogP contribution in [-0.2, 0) is 11.2 Å². The molecule has 0 fully saturated rings. The number of carbonyl (C=O) groups excluding carboxylic acids is 2. The molecule has 1 atom stereocenters. The lowest BCUT2D eigenvalue weighted by atomic mass is 9.97. The van der Waals surface area contributed by atoms with Crippen molar-refractivity contribution in [2.75, 3.05) is 0 Å². The maximum atomic E-state index is 13.4. The molecule has 0 unspecified atom stereocenters. The van der Waals surface area contributed by atoms with Crippen LogP contribution in [0.3, 0.4) is 0 Å². The number of amides is 1. The number of nitro benzene ring substituents is 1. The normalized spacial score (nSPS) is 11.3. The summed E-state index contributed by atoms with van der Waals surface area (Å²) in [5.74, 6) is 5.26. The van der Waals surface area contributed by atoms with Gasteiger partial charge in [0.05, 0.1) is 11.0 Å². The van der Waals surface area contributed by atoms with Crippen LogP contribution in [0.1, 0.15) is 117 Å². The van der Waals surface area contributed by atoms with Gasteiger partial charge in [-0.05, 0) is 61.2 Å². The molecule has 0 saturated carbocycles. The summed E-state index contributed by atoms with van der Waals surface area (Å²) in [6, 6.07) is 19.4. The van der Waals surface area contributed by atoms with E-state index in [0.717, 1.165) is 24.8 Å². The number of rotatable bonds is 19. The second-order valence-electron chi connectivity index (χ2n) is 11.6. The van der Waals surface area contributed by atoms with Crippen molar-refractivity contribution in [1.29, 1.82) is 0 Å². The minimum Gasteiger partial charge on any atom is -0.508 e. The Labute approximate surface area is 267 Å². The summed E-state index contributed by atoms with van der Waals surface area (Å²) in [7, 11) is 0. The van der Waals surface area contributed by atoms with Gasteiger partial charge in [0, 0.05) is 23.6 Å². The average Bonchev–Trinajstić information content (AvgIpc) is 3.05. The number of Topliss-reactive ketones (excluding diaryl/α,β-unsaturated/α-hetero) is 1. The number of nitro groups is 1. The monoisotopic (exact) mass is 610 g/mol. The number of aromatic hydroxyl groups is 1. The maximum Gasteiger partial charge on any atom is 0.284 e. The van der Waals surface area contributed by atoms with Crippen molar-refractivity contribution >= 4 is 17.4 Å². The molecule has 3 aromatic carbocycles. The highest BCUT2D eigenvalue weighted by atomic mass is 16.6. The number of phenolic OH excluding ortho intramolecular Hbond substituents is 1. The molecular formula is C38H46N2O5. The molecular weight excluding hydrogens is 564 g/mol. The van der Waals surface area contributed by atoms with Crippen molar-refractivity contribution in [3.8, 4) is 17.6 Å². The van der Waals surface area contributed by atoms with Crippen LogP contribution in [0.2, 0.25) is 0 Å². The molecule has 0 aliphatic rings. The number of phenols is 1. The second-order valence-corrected chi connectivity index (χ2v) is 11.6. The summed E-state index contributed by atoms with van der Waals surface area (Å²) >= 11 is 0. The Kier molecular flexibility index (Phi) is 15.4. The largest absolute Gasteiger partial charge is 0.508 e. The number of hydrogen-bond acceptors (Lipinski definition) is 5. The van der Waals surface area contributed by atoms with E-state index in [0.29, 0.717) is 24.8 Å². The maximum absolute atomic E-state index is 13.4. The number of nitrogens with one attached hydrogen (secondary N) is 1. The molecule has 0 aliphatic carbocycles. The van der Waals surface area contributed by atoms with Gasteiger partial charge in [-0.2, -0.15) is 0 Å². The fraction of sp³-hybridized carbons (Fsp3) is 0.421. The van der Waals surface area contributed by atoms with Gasteiger partial charge in [-0.15, -0.1) is 0 Å². The quantitative estimate of drug-likeness (QED) is 0.0611. The predicted molar refractivity (Wildman–Crippen MR) is 179 cm³/mol. The Morgan fingerprint density at radius 1 is 0.822 bits per heavy atom. The fourth-order valence-electron chi connectivity index (χ4n) is 5.27. The molecule has 3 aromatic rings. The lowest BCUT2D eigenvalue weighted by molar-refractivity contribution is -0.385. The smallest absolute Gasteiger partial charge is 0.284 e. The molecule has 2 N–H and O–H groups in total. The molecule has 7 nitrogen and oxygen atoms in total. The summed E-state index contributed by atoms with van der Waals surface area (Å²) in [5, 5.41) is 24.1. The lowest BCUT2D eigenvalue weighted by Gasteiger charge is -2.18. The summed E-state index contributed by atoms with van der Waals surface area (Å²) in [6.07, 6.45) is 14.7. The van der Waals surface area contributed by atoms with E-state index in [2.05, 4.69) is 24.1 Å². The number of benzene rings is 3. The van der Waals surface area contributed by atoms with E-state index in [9.17, 15) is 24.8 Å². The molecule has 3 rings (SSSR count). The van der Waals surface area contributed by atoms with Gasteiger partial charge in [0.1, 0.15) is 11.3 Å². The molecule has 1 amide bonds. The van der Waals surface area contributed by atoms with Crippen molar-refractivity contribution in [3.05, 3.63) is 105 Å². The van der Waals surface area contributed by atoms with Crippen molar-refractivity contribution < 1.29 is 19.6 Å².